The van der Waals surface area contributed by atoms with Gasteiger partial charge in [-0.1, -0.05) is 0 Å². The highest BCUT2D eigenvalue weighted by molar-refractivity contribution is 5.58. The highest BCUT2D eigenvalue weighted by Gasteiger charge is 2.35. The van der Waals surface area contributed by atoms with Crippen LogP contribution in [-0.4, -0.2) is 12.2 Å². The van der Waals surface area contributed by atoms with E-state index in [0.717, 1.165) is 11.3 Å². The summed E-state index contributed by atoms with van der Waals surface area (Å²) < 4.78 is 26.7. The molecule has 0 aromatic heterocycles. The molecule has 2 rings (SSSR count). The number of hydrogen-bond acceptors (Lipinski definition) is 1. The molecule has 1 atom stereocenters. The molecule has 3 heteroatoms. The quantitative estimate of drug-likeness (QED) is 0.729. The summed E-state index contributed by atoms with van der Waals surface area (Å²) in [5, 5.41) is 3.08. The number of nitrogens with one attached hydrogen (secondary N) is 1. The van der Waals surface area contributed by atoms with Crippen molar-refractivity contribution in [2.24, 2.45) is 0 Å². The lowest BCUT2D eigenvalue weighted by Crippen LogP contribution is -2.25. The minimum Gasteiger partial charge on any atom is -0.384 e. The van der Waals surface area contributed by atoms with Gasteiger partial charge >= 0.3 is 0 Å². The Bertz CT molecular complexity index is 355. The molecule has 0 aliphatic carbocycles. The normalized spacial score (nSPS) is 20.4. The number of anilines is 1. The zero-order chi connectivity index (χ0) is 10.3. The van der Waals surface area contributed by atoms with Crippen molar-refractivity contribution in [1.82, 2.24) is 0 Å². The van der Waals surface area contributed by atoms with E-state index in [1.54, 1.807) is 6.07 Å². The molecular formula is C11H13F2N. The van der Waals surface area contributed by atoms with Crippen LogP contribution < -0.4 is 5.32 Å². The number of hydrogen-bond donors (Lipinski definition) is 1. The highest BCUT2D eigenvalue weighted by atomic mass is 19.1. The van der Waals surface area contributed by atoms with E-state index in [4.69, 9.17) is 0 Å². The zero-order valence-corrected chi connectivity index (χ0v) is 8.27. The fourth-order valence-electron chi connectivity index (χ4n) is 1.92. The van der Waals surface area contributed by atoms with Crippen molar-refractivity contribution in [2.45, 2.75) is 25.4 Å². The fourth-order valence-corrected chi connectivity index (χ4v) is 1.92. The van der Waals surface area contributed by atoms with E-state index in [1.807, 2.05) is 0 Å². The van der Waals surface area contributed by atoms with Gasteiger partial charge in [0.05, 0.1) is 0 Å². The van der Waals surface area contributed by atoms with Gasteiger partial charge in [0.2, 0.25) is 0 Å². The van der Waals surface area contributed by atoms with Crippen LogP contribution in [0.2, 0.25) is 0 Å². The number of rotatable bonds is 1. The first kappa shape index (κ1) is 9.44. The summed E-state index contributed by atoms with van der Waals surface area (Å²) in [6.45, 7) is 3.60. The Kier molecular flexibility index (Phi) is 1.98. The molecule has 1 aromatic carbocycles. The van der Waals surface area contributed by atoms with E-state index in [0.29, 0.717) is 6.54 Å². The maximum Gasteiger partial charge on any atom is 0.123 e. The minimum atomic E-state index is -1.31. The Labute approximate surface area is 82.1 Å². The van der Waals surface area contributed by atoms with Gasteiger partial charge in [0, 0.05) is 18.2 Å². The van der Waals surface area contributed by atoms with Crippen LogP contribution in [0.5, 0.6) is 0 Å². The first-order valence-corrected chi connectivity index (χ1v) is 4.71. The average molecular weight is 197 g/mol. The Morgan fingerprint density at radius 2 is 2.14 bits per heavy atom. The van der Waals surface area contributed by atoms with Crippen LogP contribution in [0.4, 0.5) is 14.5 Å². The molecule has 0 fully saturated rings. The molecule has 1 heterocycles. The van der Waals surface area contributed by atoms with Gasteiger partial charge < -0.3 is 5.32 Å². The van der Waals surface area contributed by atoms with Gasteiger partial charge in [-0.2, -0.15) is 0 Å². The van der Waals surface area contributed by atoms with Gasteiger partial charge in [-0.25, -0.2) is 8.78 Å². The summed E-state index contributed by atoms with van der Waals surface area (Å²) in [6, 6.07) is 4.47. The van der Waals surface area contributed by atoms with Crippen molar-refractivity contribution >= 4 is 5.69 Å². The molecule has 1 N–H and O–H groups in total. The maximum absolute atomic E-state index is 13.7. The van der Waals surface area contributed by atoms with E-state index in [9.17, 15) is 8.78 Å². The van der Waals surface area contributed by atoms with Crippen LogP contribution in [-0.2, 0) is 0 Å². The minimum absolute atomic E-state index is 0.256. The third-order valence-electron chi connectivity index (χ3n) is 2.71. The van der Waals surface area contributed by atoms with Crippen LogP contribution in [0.3, 0.4) is 0 Å². The molecule has 14 heavy (non-hydrogen) atoms. The van der Waals surface area contributed by atoms with E-state index < -0.39 is 5.67 Å². The second kappa shape index (κ2) is 2.94. The lowest BCUT2D eigenvalue weighted by Gasteiger charge is -2.22. The fraction of sp³-hybridized carbons (Fsp3) is 0.455. The number of halogens is 2. The topological polar surface area (TPSA) is 12.0 Å². The largest absolute Gasteiger partial charge is 0.384 e. The molecular weight excluding hydrogens is 184 g/mol. The molecule has 0 saturated heterocycles. The molecule has 76 valence electrons. The number of fused-ring (bicyclic) bond motifs is 1. The van der Waals surface area contributed by atoms with Crippen LogP contribution in [0.15, 0.2) is 18.2 Å². The predicted molar refractivity (Wildman–Crippen MR) is 52.8 cm³/mol. The second-order valence-electron chi connectivity index (χ2n) is 4.23. The van der Waals surface area contributed by atoms with Gasteiger partial charge in [0.15, 0.2) is 0 Å². The summed E-state index contributed by atoms with van der Waals surface area (Å²) in [5.74, 6) is -0.560. The van der Waals surface area contributed by atoms with Gasteiger partial charge in [-0.15, -0.1) is 0 Å². The van der Waals surface area contributed by atoms with Gasteiger partial charge in [0.1, 0.15) is 11.5 Å². The number of benzene rings is 1. The van der Waals surface area contributed by atoms with Gasteiger partial charge in [0.25, 0.3) is 0 Å². The standard InChI is InChI=1S/C11H13F2N/c1-11(2,13)9-6-14-10-4-3-7(12)5-8(9)10/h3-5,9,14H,6H2,1-2H3. The maximum atomic E-state index is 13.7. The molecule has 0 radical (unpaired) electrons. The molecule has 0 saturated carbocycles. The summed E-state index contributed by atoms with van der Waals surface area (Å²) in [7, 11) is 0. The van der Waals surface area contributed by atoms with E-state index in [-0.39, 0.29) is 11.7 Å². The van der Waals surface area contributed by atoms with E-state index >= 15 is 0 Å². The highest BCUT2D eigenvalue weighted by Crippen LogP contribution is 2.40. The van der Waals surface area contributed by atoms with Crippen LogP contribution in [0.25, 0.3) is 0 Å². The van der Waals surface area contributed by atoms with E-state index in [1.165, 1.54) is 26.0 Å². The summed E-state index contributed by atoms with van der Waals surface area (Å²) in [6.07, 6.45) is 0. The Morgan fingerprint density at radius 1 is 1.43 bits per heavy atom. The third-order valence-corrected chi connectivity index (χ3v) is 2.71. The van der Waals surface area contributed by atoms with Crippen molar-refractivity contribution in [3.8, 4) is 0 Å². The molecule has 0 bridgehead atoms. The van der Waals surface area contributed by atoms with Crippen LogP contribution in [0.1, 0.15) is 25.3 Å². The SMILES string of the molecule is CC(C)(F)C1CNc2ccc(F)cc21. The summed E-state index contributed by atoms with van der Waals surface area (Å²) in [5.41, 5.74) is 0.283. The van der Waals surface area contributed by atoms with E-state index in [2.05, 4.69) is 5.32 Å². The first-order chi connectivity index (χ1) is 6.48. The van der Waals surface area contributed by atoms with Gasteiger partial charge in [-0.3, -0.25) is 0 Å². The molecule has 1 aliphatic heterocycles. The average Bonchev–Trinajstić information content (AvgIpc) is 2.45. The summed E-state index contributed by atoms with van der Waals surface area (Å²) in [4.78, 5) is 0. The van der Waals surface area contributed by atoms with Crippen LogP contribution >= 0.6 is 0 Å². The van der Waals surface area contributed by atoms with Crippen molar-refractivity contribution in [1.29, 1.82) is 0 Å². The van der Waals surface area contributed by atoms with Crippen molar-refractivity contribution in [3.05, 3.63) is 29.6 Å². The smallest absolute Gasteiger partial charge is 0.123 e. The molecule has 0 spiro atoms. The summed E-state index contributed by atoms with van der Waals surface area (Å²) >= 11 is 0. The number of alkyl halides is 1. The first-order valence-electron chi connectivity index (χ1n) is 4.71. The molecule has 1 nitrogen and oxygen atoms in total. The molecule has 0 amide bonds. The van der Waals surface area contributed by atoms with Gasteiger partial charge in [-0.05, 0) is 37.6 Å². The molecule has 1 unspecified atom stereocenters. The van der Waals surface area contributed by atoms with Crippen molar-refractivity contribution in [3.63, 3.8) is 0 Å². The molecule has 1 aliphatic rings. The van der Waals surface area contributed by atoms with Crippen LogP contribution in [0, 0.1) is 5.82 Å². The Hall–Kier alpha value is -1.12. The predicted octanol–water partition coefficient (Wildman–Crippen LogP) is 3.08. The lowest BCUT2D eigenvalue weighted by atomic mass is 9.88. The molecule has 1 aromatic rings. The monoisotopic (exact) mass is 197 g/mol. The Balaban J connectivity index is 2.43. The second-order valence-corrected chi connectivity index (χ2v) is 4.23. The van der Waals surface area contributed by atoms with Crippen molar-refractivity contribution in [2.75, 3.05) is 11.9 Å². The Morgan fingerprint density at radius 3 is 2.79 bits per heavy atom. The third kappa shape index (κ3) is 1.47. The lowest BCUT2D eigenvalue weighted by molar-refractivity contribution is 0.180. The van der Waals surface area contributed by atoms with Crippen molar-refractivity contribution < 1.29 is 8.78 Å². The zero-order valence-electron chi connectivity index (χ0n) is 8.27.